The van der Waals surface area contributed by atoms with Crippen molar-refractivity contribution in [3.8, 4) is 11.5 Å². The van der Waals surface area contributed by atoms with E-state index in [1.54, 1.807) is 18.2 Å². The molecule has 0 spiro atoms. The summed E-state index contributed by atoms with van der Waals surface area (Å²) in [7, 11) is 0. The summed E-state index contributed by atoms with van der Waals surface area (Å²) in [6, 6.07) is 6.20. The maximum absolute atomic E-state index is 12.3. The molecule has 18 heteroatoms. The lowest BCUT2D eigenvalue weighted by Crippen LogP contribution is -2.32. The Labute approximate surface area is 280 Å². The summed E-state index contributed by atoms with van der Waals surface area (Å²) >= 11 is 5.76. The van der Waals surface area contributed by atoms with Gasteiger partial charge < -0.3 is 38.6 Å². The molecule has 0 radical (unpaired) electrons. The number of carbonyl (C=O) groups is 6. The van der Waals surface area contributed by atoms with Crippen LogP contribution in [0.1, 0.15) is 0 Å². The molecule has 0 amide bonds. The van der Waals surface area contributed by atoms with Gasteiger partial charge in [0, 0.05) is 53.4 Å². The molecule has 0 aromatic heterocycles. The molecule has 3 rings (SSSR count). The molecule has 250 valence electrons. The normalized spacial score (nSPS) is 16.5. The van der Waals surface area contributed by atoms with Crippen molar-refractivity contribution in [1.29, 1.82) is 0 Å². The van der Waals surface area contributed by atoms with Crippen LogP contribution < -0.4 is 9.47 Å². The van der Waals surface area contributed by atoms with E-state index in [9.17, 15) is 28.8 Å². The lowest BCUT2D eigenvalue weighted by Gasteiger charge is -2.20. The van der Waals surface area contributed by atoms with Crippen LogP contribution in [0.5, 0.6) is 11.5 Å². The van der Waals surface area contributed by atoms with Gasteiger partial charge in [0.15, 0.2) is 12.2 Å². The van der Waals surface area contributed by atoms with E-state index in [4.69, 9.17) is 38.6 Å². The van der Waals surface area contributed by atoms with E-state index in [2.05, 4.69) is 0 Å². The first-order valence-corrected chi connectivity index (χ1v) is 17.7. The molecular weight excluding hydrogens is 689 g/mol. The van der Waals surface area contributed by atoms with Crippen LogP contribution >= 0.6 is 47.0 Å². The summed E-state index contributed by atoms with van der Waals surface area (Å²) < 4.78 is 31.7. The van der Waals surface area contributed by atoms with Gasteiger partial charge in [-0.1, -0.05) is 6.07 Å². The molecule has 2 fully saturated rings. The Hall–Kier alpha value is -3.48. The zero-order valence-electron chi connectivity index (χ0n) is 24.0. The average molecular weight is 719 g/mol. The van der Waals surface area contributed by atoms with E-state index >= 15 is 0 Å². The monoisotopic (exact) mass is 718 g/mol. The molecule has 1 aromatic carbocycles. The molecule has 14 nitrogen and oxygen atoms in total. The summed E-state index contributed by atoms with van der Waals surface area (Å²) in [6.07, 6.45) is 0.503. The lowest BCUT2D eigenvalue weighted by molar-refractivity contribution is -0.156. The van der Waals surface area contributed by atoms with E-state index < -0.39 is 57.2 Å². The molecule has 2 N–H and O–H groups in total. The smallest absolute Gasteiger partial charge is 0.331 e. The van der Waals surface area contributed by atoms with Crippen LogP contribution in [-0.2, 0) is 47.7 Å². The quantitative estimate of drug-likeness (QED) is 0.127. The van der Waals surface area contributed by atoms with Crippen molar-refractivity contribution in [1.82, 2.24) is 0 Å². The Morgan fingerprint density at radius 2 is 1.04 bits per heavy atom. The van der Waals surface area contributed by atoms with Crippen LogP contribution in [0.3, 0.4) is 0 Å². The van der Waals surface area contributed by atoms with Crippen LogP contribution in [0, 0.1) is 0 Å². The summed E-state index contributed by atoms with van der Waals surface area (Å²) in [5.41, 5.74) is 0. The third-order valence-electron chi connectivity index (χ3n) is 5.42. The molecule has 0 bridgehead atoms. The fourth-order valence-electron chi connectivity index (χ4n) is 3.43. The molecule has 2 heterocycles. The average Bonchev–Trinajstić information content (AvgIpc) is 3.77. The van der Waals surface area contributed by atoms with E-state index in [-0.39, 0.29) is 37.9 Å². The van der Waals surface area contributed by atoms with Gasteiger partial charge in [-0.3, -0.25) is 0 Å². The van der Waals surface area contributed by atoms with Crippen molar-refractivity contribution in [2.75, 3.05) is 49.4 Å². The fourth-order valence-corrected chi connectivity index (χ4v) is 8.56. The van der Waals surface area contributed by atoms with Crippen LogP contribution in [0.2, 0.25) is 0 Å². The number of carbonyl (C=O) groups excluding carboxylic acids is 4. The van der Waals surface area contributed by atoms with Crippen LogP contribution in [-0.4, -0.2) is 117 Å². The molecule has 2 saturated heterocycles. The van der Waals surface area contributed by atoms with Crippen molar-refractivity contribution in [3.63, 3.8) is 0 Å². The van der Waals surface area contributed by atoms with Crippen molar-refractivity contribution in [2.45, 2.75) is 21.4 Å². The van der Waals surface area contributed by atoms with Crippen molar-refractivity contribution in [2.24, 2.45) is 0 Å². The molecule has 2 atom stereocenters. The minimum atomic E-state index is -1.35. The van der Waals surface area contributed by atoms with Gasteiger partial charge in [0.05, 0.1) is 0 Å². The summed E-state index contributed by atoms with van der Waals surface area (Å²) in [4.78, 5) is 70.3. The zero-order valence-corrected chi connectivity index (χ0v) is 27.3. The van der Waals surface area contributed by atoms with Crippen molar-refractivity contribution in [3.05, 3.63) is 48.6 Å². The van der Waals surface area contributed by atoms with E-state index in [1.807, 2.05) is 0 Å². The molecule has 46 heavy (non-hydrogen) atoms. The van der Waals surface area contributed by atoms with Gasteiger partial charge in [0.1, 0.15) is 47.1 Å². The number of thioether (sulfide) groups is 4. The number of hydrogen-bond donors (Lipinski definition) is 2. The lowest BCUT2D eigenvalue weighted by atomic mass is 10.3. The van der Waals surface area contributed by atoms with Crippen molar-refractivity contribution >= 4 is 82.9 Å². The topological polar surface area (TPSA) is 198 Å². The number of hydrogen-bond acceptors (Lipinski definition) is 16. The molecule has 2 unspecified atom stereocenters. The van der Waals surface area contributed by atoms with Gasteiger partial charge in [-0.2, -0.15) is 0 Å². The number of esters is 4. The van der Waals surface area contributed by atoms with Crippen LogP contribution in [0.15, 0.2) is 48.6 Å². The first-order chi connectivity index (χ1) is 22.1. The van der Waals surface area contributed by atoms with Gasteiger partial charge in [0.25, 0.3) is 0 Å². The zero-order chi connectivity index (χ0) is 33.3. The predicted molar refractivity (Wildman–Crippen MR) is 170 cm³/mol. The summed E-state index contributed by atoms with van der Waals surface area (Å²) in [5.74, 6) is -1.87. The fraction of sp³-hybridized carbons (Fsp3) is 0.429. The summed E-state index contributed by atoms with van der Waals surface area (Å²) in [5, 5.41) is 17.5. The van der Waals surface area contributed by atoms with Gasteiger partial charge in [-0.25, -0.2) is 28.8 Å². The number of carboxylic acid groups (broad SMARTS) is 2. The Morgan fingerprint density at radius 1 is 0.652 bits per heavy atom. The predicted octanol–water partition coefficient (Wildman–Crippen LogP) is 2.25. The van der Waals surface area contributed by atoms with Crippen LogP contribution in [0.25, 0.3) is 0 Å². The maximum atomic E-state index is 12.3. The second-order valence-corrected chi connectivity index (χ2v) is 14.4. The number of carboxylic acids is 2. The summed E-state index contributed by atoms with van der Waals surface area (Å²) in [6.45, 7) is -1.20. The molecule has 2 aliphatic rings. The third kappa shape index (κ3) is 14.3. The van der Waals surface area contributed by atoms with Gasteiger partial charge in [-0.15, -0.1) is 47.0 Å². The molecule has 0 aliphatic carbocycles. The molecule has 1 aromatic rings. The molecular formula is C28H30O14S4. The van der Waals surface area contributed by atoms with Crippen LogP contribution in [0.4, 0.5) is 0 Å². The number of rotatable bonds is 18. The number of benzene rings is 1. The first-order valence-electron chi connectivity index (χ1n) is 13.5. The SMILES string of the molecule is O=C(O)/C=C\C(=O)OC(COC(=O)C1SCCS1)COc1cccc(OCC(COC(=O)C2SCCS2)OC(=O)/C=C\C(=O)O)c1. The van der Waals surface area contributed by atoms with E-state index in [0.717, 1.165) is 35.2 Å². The van der Waals surface area contributed by atoms with Crippen molar-refractivity contribution < 1.29 is 67.4 Å². The maximum Gasteiger partial charge on any atom is 0.331 e. The van der Waals surface area contributed by atoms with Gasteiger partial charge >= 0.3 is 35.8 Å². The Balaban J connectivity index is 1.59. The molecule has 2 aliphatic heterocycles. The Kier molecular flexibility index (Phi) is 16.0. The Morgan fingerprint density at radius 3 is 1.41 bits per heavy atom. The second-order valence-electron chi connectivity index (χ2n) is 8.96. The molecule has 0 saturated carbocycles. The first kappa shape index (κ1) is 37.0. The highest BCUT2D eigenvalue weighted by Gasteiger charge is 2.28. The highest BCUT2D eigenvalue weighted by atomic mass is 32.2. The number of ether oxygens (including phenoxy) is 6. The standard InChI is InChI=1S/C28H30O14S4/c29-21(30)4-6-23(33)41-19(15-39-25(35)27-43-8-9-44-27)13-37-17-2-1-3-18(12-17)38-14-20(42-24(34)7-5-22(31)32)16-40-26(36)28-45-10-11-46-28/h1-7,12,19-20,27-28H,8-11,13-16H2,(H,29,30)(H,31,32)/b6-4-,7-5-. The van der Waals surface area contributed by atoms with E-state index in [0.29, 0.717) is 12.2 Å². The third-order valence-corrected chi connectivity index (χ3v) is 11.3. The van der Waals surface area contributed by atoms with Gasteiger partial charge in [0.2, 0.25) is 0 Å². The second kappa shape index (κ2) is 19.9. The highest BCUT2D eigenvalue weighted by Crippen LogP contribution is 2.33. The largest absolute Gasteiger partial charge is 0.489 e. The number of aliphatic carboxylic acids is 2. The minimum absolute atomic E-state index is 0.257. The van der Waals surface area contributed by atoms with Gasteiger partial charge in [-0.05, 0) is 12.1 Å². The minimum Gasteiger partial charge on any atom is -0.489 e. The highest BCUT2D eigenvalue weighted by molar-refractivity contribution is 8.21. The van der Waals surface area contributed by atoms with E-state index in [1.165, 1.54) is 53.1 Å². The Bertz CT molecular complexity index is 1200.